The average Bonchev–Trinajstić information content (AvgIpc) is 3.28. The van der Waals surface area contributed by atoms with E-state index in [1.54, 1.807) is 0 Å². The topological polar surface area (TPSA) is 92.3 Å². The molecule has 0 heterocycles. The third kappa shape index (κ3) is 7.28. The van der Waals surface area contributed by atoms with Crippen molar-refractivity contribution >= 4 is 25.7 Å². The Morgan fingerprint density at radius 2 is 1.52 bits per heavy atom. The predicted molar refractivity (Wildman–Crippen MR) is 87.6 cm³/mol. The summed E-state index contributed by atoms with van der Waals surface area (Å²) in [5.74, 6) is -0.240. The fraction of sp³-hybridized carbons (Fsp3) is 0.571. The van der Waals surface area contributed by atoms with E-state index in [-0.39, 0.29) is 30.0 Å². The summed E-state index contributed by atoms with van der Waals surface area (Å²) in [5.41, 5.74) is 0.283. The van der Waals surface area contributed by atoms with Gasteiger partial charge in [0.2, 0.25) is 20.0 Å². The van der Waals surface area contributed by atoms with E-state index in [4.69, 9.17) is 0 Å². The SMILES string of the molecule is O=S(=O)(CCCCS(=O)(=O)Nc1ccc(F)cc1)NCC1CC1. The average molecular weight is 364 g/mol. The number of anilines is 1. The monoisotopic (exact) mass is 364 g/mol. The van der Waals surface area contributed by atoms with Gasteiger partial charge in [-0.2, -0.15) is 0 Å². The Balaban J connectivity index is 1.70. The van der Waals surface area contributed by atoms with Crippen molar-refractivity contribution in [2.75, 3.05) is 22.8 Å². The molecule has 23 heavy (non-hydrogen) atoms. The molecule has 1 fully saturated rings. The highest BCUT2D eigenvalue weighted by atomic mass is 32.2. The van der Waals surface area contributed by atoms with E-state index in [2.05, 4.69) is 9.44 Å². The molecule has 0 unspecified atom stereocenters. The van der Waals surface area contributed by atoms with E-state index in [1.165, 1.54) is 12.1 Å². The van der Waals surface area contributed by atoms with Crippen molar-refractivity contribution in [1.29, 1.82) is 0 Å². The van der Waals surface area contributed by atoms with Crippen LogP contribution in [0.2, 0.25) is 0 Å². The zero-order valence-electron chi connectivity index (χ0n) is 12.7. The molecular weight excluding hydrogens is 343 g/mol. The summed E-state index contributed by atoms with van der Waals surface area (Å²) in [4.78, 5) is 0. The lowest BCUT2D eigenvalue weighted by atomic mass is 10.3. The minimum absolute atomic E-state index is 0.0776. The molecule has 0 bridgehead atoms. The standard InChI is InChI=1S/C14H21FN2O4S2/c15-13-5-7-14(8-6-13)17-23(20,21)10-2-1-9-22(18,19)16-11-12-3-4-12/h5-8,12,16-17H,1-4,9-11H2. The summed E-state index contributed by atoms with van der Waals surface area (Å²) in [6, 6.07) is 4.99. The Bertz CT molecular complexity index is 714. The van der Waals surface area contributed by atoms with Gasteiger partial charge in [-0.05, 0) is 55.9 Å². The van der Waals surface area contributed by atoms with Crippen LogP contribution in [0.1, 0.15) is 25.7 Å². The van der Waals surface area contributed by atoms with E-state index in [0.717, 1.165) is 25.0 Å². The maximum absolute atomic E-state index is 12.8. The molecule has 1 aliphatic carbocycles. The van der Waals surface area contributed by atoms with Crippen LogP contribution in [-0.2, 0) is 20.0 Å². The molecule has 2 rings (SSSR count). The number of unbranched alkanes of at least 4 members (excludes halogenated alkanes) is 1. The van der Waals surface area contributed by atoms with Crippen LogP contribution in [0.15, 0.2) is 24.3 Å². The van der Waals surface area contributed by atoms with Crippen LogP contribution in [0.25, 0.3) is 0 Å². The maximum Gasteiger partial charge on any atom is 0.232 e. The quantitative estimate of drug-likeness (QED) is 0.618. The molecular formula is C14H21FN2O4S2. The predicted octanol–water partition coefficient (Wildman–Crippen LogP) is 1.68. The molecule has 1 saturated carbocycles. The molecule has 9 heteroatoms. The summed E-state index contributed by atoms with van der Waals surface area (Å²) in [6.45, 7) is 0.479. The highest BCUT2D eigenvalue weighted by molar-refractivity contribution is 7.92. The lowest BCUT2D eigenvalue weighted by molar-refractivity contribution is 0.572. The van der Waals surface area contributed by atoms with Gasteiger partial charge in [0.05, 0.1) is 11.5 Å². The van der Waals surface area contributed by atoms with Crippen LogP contribution >= 0.6 is 0 Å². The molecule has 0 amide bonds. The van der Waals surface area contributed by atoms with Crippen LogP contribution in [0.4, 0.5) is 10.1 Å². The fourth-order valence-electron chi connectivity index (χ4n) is 1.97. The summed E-state index contributed by atoms with van der Waals surface area (Å²) in [6.07, 6.45) is 2.64. The Morgan fingerprint density at radius 1 is 0.957 bits per heavy atom. The minimum Gasteiger partial charge on any atom is -0.284 e. The number of benzene rings is 1. The van der Waals surface area contributed by atoms with Gasteiger partial charge in [0, 0.05) is 12.2 Å². The van der Waals surface area contributed by atoms with E-state index in [0.29, 0.717) is 12.5 Å². The van der Waals surface area contributed by atoms with E-state index in [1.807, 2.05) is 0 Å². The zero-order valence-corrected chi connectivity index (χ0v) is 14.3. The molecule has 1 aliphatic rings. The molecule has 6 nitrogen and oxygen atoms in total. The molecule has 0 saturated heterocycles. The molecule has 1 aromatic rings. The van der Waals surface area contributed by atoms with Gasteiger partial charge in [-0.1, -0.05) is 0 Å². The van der Waals surface area contributed by atoms with Gasteiger partial charge >= 0.3 is 0 Å². The van der Waals surface area contributed by atoms with Crippen LogP contribution in [0, 0.1) is 11.7 Å². The van der Waals surface area contributed by atoms with Crippen molar-refractivity contribution in [2.24, 2.45) is 5.92 Å². The van der Waals surface area contributed by atoms with Crippen LogP contribution in [-0.4, -0.2) is 34.9 Å². The summed E-state index contributed by atoms with van der Waals surface area (Å²) in [5, 5.41) is 0. The van der Waals surface area contributed by atoms with Gasteiger partial charge in [0.15, 0.2) is 0 Å². The Morgan fingerprint density at radius 3 is 2.09 bits per heavy atom. The first-order chi connectivity index (χ1) is 10.8. The van der Waals surface area contributed by atoms with E-state index in [9.17, 15) is 21.2 Å². The van der Waals surface area contributed by atoms with Crippen molar-refractivity contribution < 1.29 is 21.2 Å². The van der Waals surface area contributed by atoms with Crippen molar-refractivity contribution in [3.63, 3.8) is 0 Å². The van der Waals surface area contributed by atoms with Gasteiger partial charge in [0.25, 0.3) is 0 Å². The molecule has 0 atom stereocenters. The molecule has 0 spiro atoms. The number of nitrogens with one attached hydrogen (secondary N) is 2. The second-order valence-electron chi connectivity index (χ2n) is 5.75. The van der Waals surface area contributed by atoms with E-state index < -0.39 is 25.9 Å². The van der Waals surface area contributed by atoms with Crippen molar-refractivity contribution in [3.05, 3.63) is 30.1 Å². The lowest BCUT2D eigenvalue weighted by Gasteiger charge is -2.08. The van der Waals surface area contributed by atoms with Gasteiger partial charge in [-0.15, -0.1) is 0 Å². The molecule has 1 aromatic carbocycles. The number of halogens is 1. The smallest absolute Gasteiger partial charge is 0.232 e. The van der Waals surface area contributed by atoms with Crippen molar-refractivity contribution in [3.8, 4) is 0 Å². The van der Waals surface area contributed by atoms with E-state index >= 15 is 0 Å². The van der Waals surface area contributed by atoms with Crippen molar-refractivity contribution in [1.82, 2.24) is 4.72 Å². The van der Waals surface area contributed by atoms with Gasteiger partial charge in [0.1, 0.15) is 5.82 Å². The number of sulfonamides is 2. The lowest BCUT2D eigenvalue weighted by Crippen LogP contribution is -2.28. The van der Waals surface area contributed by atoms with Crippen LogP contribution < -0.4 is 9.44 Å². The van der Waals surface area contributed by atoms with Crippen molar-refractivity contribution in [2.45, 2.75) is 25.7 Å². The molecule has 0 aromatic heterocycles. The molecule has 0 aliphatic heterocycles. The van der Waals surface area contributed by atoms with Gasteiger partial charge in [-0.25, -0.2) is 25.9 Å². The molecule has 130 valence electrons. The highest BCUT2D eigenvalue weighted by Crippen LogP contribution is 2.27. The summed E-state index contributed by atoms with van der Waals surface area (Å²) >= 11 is 0. The third-order valence-electron chi connectivity index (χ3n) is 3.48. The largest absolute Gasteiger partial charge is 0.284 e. The normalized spacial score (nSPS) is 15.5. The zero-order chi connectivity index (χ0) is 16.9. The number of hydrogen-bond acceptors (Lipinski definition) is 4. The number of hydrogen-bond donors (Lipinski definition) is 2. The summed E-state index contributed by atoms with van der Waals surface area (Å²) < 4.78 is 64.7. The van der Waals surface area contributed by atoms with Crippen LogP contribution in [0.3, 0.4) is 0 Å². The first-order valence-electron chi connectivity index (χ1n) is 7.49. The fourth-order valence-corrected chi connectivity index (χ4v) is 4.37. The van der Waals surface area contributed by atoms with Gasteiger partial charge in [-0.3, -0.25) is 4.72 Å². The van der Waals surface area contributed by atoms with Crippen LogP contribution in [0.5, 0.6) is 0 Å². The molecule has 2 N–H and O–H groups in total. The third-order valence-corrected chi connectivity index (χ3v) is 6.29. The van der Waals surface area contributed by atoms with Gasteiger partial charge < -0.3 is 0 Å². The second-order valence-corrected chi connectivity index (χ2v) is 9.51. The highest BCUT2D eigenvalue weighted by Gasteiger charge is 2.23. The Hall–Kier alpha value is -1.19. The summed E-state index contributed by atoms with van der Waals surface area (Å²) in [7, 11) is -6.89. The maximum atomic E-state index is 12.8. The first-order valence-corrected chi connectivity index (χ1v) is 10.8. The number of rotatable bonds is 10. The second kappa shape index (κ2) is 7.59. The Labute approximate surface area is 136 Å². The molecule has 0 radical (unpaired) electrons. The minimum atomic E-state index is -3.57. The first kappa shape index (κ1) is 18.2. The Kier molecular flexibility index (Phi) is 5.99.